The summed E-state index contributed by atoms with van der Waals surface area (Å²) >= 11 is 0. The molecule has 110 valence electrons. The van der Waals surface area contributed by atoms with Crippen LogP contribution in [0.3, 0.4) is 0 Å². The summed E-state index contributed by atoms with van der Waals surface area (Å²) < 4.78 is 18.1. The Labute approximate surface area is 116 Å². The second-order valence-corrected chi connectivity index (χ2v) is 4.78. The van der Waals surface area contributed by atoms with Gasteiger partial charge in [0.1, 0.15) is 17.6 Å². The molecule has 20 heavy (non-hydrogen) atoms. The highest BCUT2D eigenvalue weighted by Gasteiger charge is 2.26. The molecule has 1 aromatic rings. The standard InChI is InChI=1S/C14H18FNO4/c1-8(2)12(14(18)19)16-13(17)9(3)20-11-6-4-10(15)5-7-11/h4-9,12H,1-3H3,(H,16,17)(H,18,19)/t9-,12+/m0/s1. The van der Waals surface area contributed by atoms with Crippen LogP contribution in [0.1, 0.15) is 20.8 Å². The number of carboxylic acid groups (broad SMARTS) is 1. The monoisotopic (exact) mass is 283 g/mol. The molecule has 5 nitrogen and oxygen atoms in total. The second kappa shape index (κ2) is 6.88. The van der Waals surface area contributed by atoms with E-state index in [-0.39, 0.29) is 5.92 Å². The molecule has 0 aromatic heterocycles. The predicted molar refractivity (Wildman–Crippen MR) is 70.9 cm³/mol. The van der Waals surface area contributed by atoms with E-state index in [1.807, 2.05) is 0 Å². The third-order valence-electron chi connectivity index (χ3n) is 2.73. The smallest absolute Gasteiger partial charge is 0.326 e. The Hall–Kier alpha value is -2.11. The number of carbonyl (C=O) groups is 2. The van der Waals surface area contributed by atoms with Gasteiger partial charge in [0.05, 0.1) is 0 Å². The number of hydrogen-bond acceptors (Lipinski definition) is 3. The summed E-state index contributed by atoms with van der Waals surface area (Å²) in [5.74, 6) is -1.93. The van der Waals surface area contributed by atoms with Crippen molar-refractivity contribution >= 4 is 11.9 Å². The van der Waals surface area contributed by atoms with Gasteiger partial charge in [-0.2, -0.15) is 0 Å². The molecule has 0 radical (unpaired) electrons. The minimum Gasteiger partial charge on any atom is -0.481 e. The molecule has 0 spiro atoms. The zero-order chi connectivity index (χ0) is 15.3. The Morgan fingerprint density at radius 1 is 1.20 bits per heavy atom. The number of nitrogens with one attached hydrogen (secondary N) is 1. The molecule has 0 bridgehead atoms. The average Bonchev–Trinajstić information content (AvgIpc) is 2.37. The Morgan fingerprint density at radius 3 is 2.20 bits per heavy atom. The zero-order valence-corrected chi connectivity index (χ0v) is 11.6. The fraction of sp³-hybridized carbons (Fsp3) is 0.429. The van der Waals surface area contributed by atoms with Crippen LogP contribution in [0.4, 0.5) is 4.39 Å². The van der Waals surface area contributed by atoms with Crippen LogP contribution in [0, 0.1) is 11.7 Å². The molecule has 2 N–H and O–H groups in total. The van der Waals surface area contributed by atoms with Crippen molar-refractivity contribution in [2.75, 3.05) is 0 Å². The summed E-state index contributed by atoms with van der Waals surface area (Å²) in [6, 6.07) is 4.26. The minimum absolute atomic E-state index is 0.241. The van der Waals surface area contributed by atoms with Crippen molar-refractivity contribution in [3.8, 4) is 5.75 Å². The summed E-state index contributed by atoms with van der Waals surface area (Å²) in [5.41, 5.74) is 0. The maximum absolute atomic E-state index is 12.7. The number of aliphatic carboxylic acids is 1. The normalized spacial score (nSPS) is 13.7. The summed E-state index contributed by atoms with van der Waals surface area (Å²) in [4.78, 5) is 22.9. The van der Waals surface area contributed by atoms with Gasteiger partial charge in [-0.15, -0.1) is 0 Å². The van der Waals surface area contributed by atoms with E-state index in [1.165, 1.54) is 31.2 Å². The van der Waals surface area contributed by atoms with Gasteiger partial charge in [0.2, 0.25) is 0 Å². The lowest BCUT2D eigenvalue weighted by Crippen LogP contribution is -2.48. The Morgan fingerprint density at radius 2 is 1.75 bits per heavy atom. The summed E-state index contributed by atoms with van der Waals surface area (Å²) in [6.45, 7) is 4.90. The highest BCUT2D eigenvalue weighted by molar-refractivity contribution is 5.86. The van der Waals surface area contributed by atoms with Crippen molar-refractivity contribution in [2.24, 2.45) is 5.92 Å². The lowest BCUT2D eigenvalue weighted by molar-refractivity contribution is -0.144. The number of ether oxygens (including phenoxy) is 1. The molecule has 0 aliphatic rings. The number of rotatable bonds is 6. The van der Waals surface area contributed by atoms with E-state index in [4.69, 9.17) is 9.84 Å². The van der Waals surface area contributed by atoms with E-state index in [9.17, 15) is 14.0 Å². The Kier molecular flexibility index (Phi) is 5.49. The first kappa shape index (κ1) is 15.9. The number of hydrogen-bond donors (Lipinski definition) is 2. The van der Waals surface area contributed by atoms with Crippen molar-refractivity contribution in [2.45, 2.75) is 32.9 Å². The van der Waals surface area contributed by atoms with Gasteiger partial charge in [0.25, 0.3) is 5.91 Å². The number of amides is 1. The largest absolute Gasteiger partial charge is 0.481 e. The second-order valence-electron chi connectivity index (χ2n) is 4.78. The first-order valence-electron chi connectivity index (χ1n) is 6.26. The maximum Gasteiger partial charge on any atom is 0.326 e. The Bertz CT molecular complexity index is 473. The molecular weight excluding hydrogens is 265 g/mol. The molecule has 6 heteroatoms. The molecule has 0 unspecified atom stereocenters. The van der Waals surface area contributed by atoms with Crippen LogP contribution >= 0.6 is 0 Å². The number of carboxylic acids is 1. The van der Waals surface area contributed by atoms with Crippen LogP contribution in [0.25, 0.3) is 0 Å². The van der Waals surface area contributed by atoms with Gasteiger partial charge in [0.15, 0.2) is 6.10 Å². The average molecular weight is 283 g/mol. The molecule has 1 amide bonds. The van der Waals surface area contributed by atoms with Crippen molar-refractivity contribution in [3.05, 3.63) is 30.1 Å². The van der Waals surface area contributed by atoms with E-state index in [0.717, 1.165) is 0 Å². The molecule has 1 rings (SSSR count). The molecule has 0 aliphatic carbocycles. The molecule has 0 aliphatic heterocycles. The fourth-order valence-corrected chi connectivity index (χ4v) is 1.55. The minimum atomic E-state index is -1.10. The SMILES string of the molecule is CC(C)[C@@H](NC(=O)[C@H](C)Oc1ccc(F)cc1)C(=O)O. The highest BCUT2D eigenvalue weighted by Crippen LogP contribution is 2.13. The summed E-state index contributed by atoms with van der Waals surface area (Å²) in [5, 5.41) is 11.4. The van der Waals surface area contributed by atoms with E-state index in [2.05, 4.69) is 5.32 Å². The number of benzene rings is 1. The van der Waals surface area contributed by atoms with E-state index >= 15 is 0 Å². The zero-order valence-electron chi connectivity index (χ0n) is 11.6. The van der Waals surface area contributed by atoms with Crippen molar-refractivity contribution in [3.63, 3.8) is 0 Å². The predicted octanol–water partition coefficient (Wildman–Crippen LogP) is 1.82. The quantitative estimate of drug-likeness (QED) is 0.835. The summed E-state index contributed by atoms with van der Waals surface area (Å²) in [7, 11) is 0. The van der Waals surface area contributed by atoms with Crippen LogP contribution in [0.2, 0.25) is 0 Å². The maximum atomic E-state index is 12.7. The van der Waals surface area contributed by atoms with E-state index in [0.29, 0.717) is 5.75 Å². The first-order valence-corrected chi connectivity index (χ1v) is 6.26. The van der Waals surface area contributed by atoms with Crippen LogP contribution in [0.15, 0.2) is 24.3 Å². The number of carbonyl (C=O) groups excluding carboxylic acids is 1. The Balaban J connectivity index is 2.62. The molecule has 0 fully saturated rings. The van der Waals surface area contributed by atoms with Crippen molar-refractivity contribution < 1.29 is 23.8 Å². The topological polar surface area (TPSA) is 75.6 Å². The first-order chi connectivity index (χ1) is 9.31. The van der Waals surface area contributed by atoms with E-state index in [1.54, 1.807) is 13.8 Å². The molecule has 2 atom stereocenters. The lowest BCUT2D eigenvalue weighted by atomic mass is 10.0. The van der Waals surface area contributed by atoms with Crippen molar-refractivity contribution in [1.82, 2.24) is 5.32 Å². The molecular formula is C14H18FNO4. The fourth-order valence-electron chi connectivity index (χ4n) is 1.55. The molecule has 0 saturated carbocycles. The van der Waals surface area contributed by atoms with Crippen molar-refractivity contribution in [1.29, 1.82) is 0 Å². The van der Waals surface area contributed by atoms with Gasteiger partial charge < -0.3 is 15.2 Å². The van der Waals surface area contributed by atoms with Gasteiger partial charge >= 0.3 is 5.97 Å². The molecule has 0 heterocycles. The van der Waals surface area contributed by atoms with Gasteiger partial charge in [-0.3, -0.25) is 4.79 Å². The van der Waals surface area contributed by atoms with Gasteiger partial charge in [0, 0.05) is 0 Å². The van der Waals surface area contributed by atoms with Crippen LogP contribution in [-0.4, -0.2) is 29.1 Å². The lowest BCUT2D eigenvalue weighted by Gasteiger charge is -2.21. The summed E-state index contributed by atoms with van der Waals surface area (Å²) in [6.07, 6.45) is -0.874. The van der Waals surface area contributed by atoms with Crippen LogP contribution in [0.5, 0.6) is 5.75 Å². The van der Waals surface area contributed by atoms with Gasteiger partial charge in [-0.25, -0.2) is 9.18 Å². The highest BCUT2D eigenvalue weighted by atomic mass is 19.1. The molecule has 1 aromatic carbocycles. The van der Waals surface area contributed by atoms with Gasteiger partial charge in [-0.05, 0) is 37.1 Å². The van der Waals surface area contributed by atoms with Crippen LogP contribution in [-0.2, 0) is 9.59 Å². The van der Waals surface area contributed by atoms with E-state index < -0.39 is 29.8 Å². The molecule has 0 saturated heterocycles. The van der Waals surface area contributed by atoms with Gasteiger partial charge in [-0.1, -0.05) is 13.8 Å². The third-order valence-corrected chi connectivity index (χ3v) is 2.73. The third kappa shape index (κ3) is 4.53. The number of halogens is 1. The van der Waals surface area contributed by atoms with Crippen LogP contribution < -0.4 is 10.1 Å².